The van der Waals surface area contributed by atoms with Crippen LogP contribution in [0.3, 0.4) is 0 Å². The molecule has 0 amide bonds. The fourth-order valence-electron chi connectivity index (χ4n) is 4.21. The molecule has 9 nitrogen and oxygen atoms in total. The summed E-state index contributed by atoms with van der Waals surface area (Å²) >= 11 is 0. The van der Waals surface area contributed by atoms with Gasteiger partial charge in [-0.25, -0.2) is 19.2 Å². The molecule has 43 heavy (non-hydrogen) atoms. The molecule has 4 aromatic rings. The molecule has 0 aromatic heterocycles. The highest BCUT2D eigenvalue weighted by Crippen LogP contribution is 2.29. The normalized spacial score (nSPS) is 17.4. The first-order valence-corrected chi connectivity index (χ1v) is 13.4. The summed E-state index contributed by atoms with van der Waals surface area (Å²) in [6.07, 6.45) is -2.86. The second-order valence-electron chi connectivity index (χ2n) is 9.34. The van der Waals surface area contributed by atoms with Crippen LogP contribution in [0.5, 0.6) is 0 Å². The first-order valence-electron chi connectivity index (χ1n) is 13.4. The SMILES string of the molecule is O=C(OC[C@H]1OC=C(OC(=O)c2ccccc2)[C@@H](OC(=O)c2ccccc2)[C@H]1OC(=O)c1ccccc1)c1ccccc1. The van der Waals surface area contributed by atoms with Crippen molar-refractivity contribution in [2.45, 2.75) is 18.3 Å². The summed E-state index contributed by atoms with van der Waals surface area (Å²) in [4.78, 5) is 52.1. The average Bonchev–Trinajstić information content (AvgIpc) is 3.07. The van der Waals surface area contributed by atoms with E-state index in [9.17, 15) is 19.2 Å². The molecule has 0 N–H and O–H groups in total. The second-order valence-corrected chi connectivity index (χ2v) is 9.34. The van der Waals surface area contributed by atoms with Gasteiger partial charge >= 0.3 is 23.9 Å². The highest BCUT2D eigenvalue weighted by atomic mass is 16.6. The zero-order valence-corrected chi connectivity index (χ0v) is 22.7. The van der Waals surface area contributed by atoms with Crippen LogP contribution in [-0.4, -0.2) is 48.8 Å². The van der Waals surface area contributed by atoms with Gasteiger partial charge in [0, 0.05) is 0 Å². The Morgan fingerprint density at radius 3 is 1.44 bits per heavy atom. The van der Waals surface area contributed by atoms with Crippen molar-refractivity contribution in [3.8, 4) is 0 Å². The van der Waals surface area contributed by atoms with Crippen molar-refractivity contribution in [2.75, 3.05) is 6.61 Å². The minimum Gasteiger partial charge on any atom is -0.487 e. The molecule has 1 aliphatic rings. The number of hydrogen-bond donors (Lipinski definition) is 0. The molecule has 0 saturated carbocycles. The van der Waals surface area contributed by atoms with Gasteiger partial charge in [-0.15, -0.1) is 0 Å². The van der Waals surface area contributed by atoms with E-state index in [0.29, 0.717) is 5.56 Å². The molecule has 216 valence electrons. The van der Waals surface area contributed by atoms with Gasteiger partial charge in [0.05, 0.1) is 22.3 Å². The first kappa shape index (κ1) is 28.8. The van der Waals surface area contributed by atoms with Gasteiger partial charge in [-0.1, -0.05) is 72.8 Å². The Hall–Kier alpha value is -5.70. The van der Waals surface area contributed by atoms with Crippen molar-refractivity contribution < 1.29 is 42.9 Å². The van der Waals surface area contributed by atoms with E-state index in [2.05, 4.69) is 0 Å². The van der Waals surface area contributed by atoms with Gasteiger partial charge in [0.2, 0.25) is 6.10 Å². The third kappa shape index (κ3) is 7.34. The molecular formula is C34H26O9. The van der Waals surface area contributed by atoms with Crippen LogP contribution in [0, 0.1) is 0 Å². The number of esters is 4. The maximum absolute atomic E-state index is 13.2. The van der Waals surface area contributed by atoms with Gasteiger partial charge in [-0.3, -0.25) is 0 Å². The lowest BCUT2D eigenvalue weighted by atomic mass is 10.0. The summed E-state index contributed by atoms with van der Waals surface area (Å²) in [6, 6.07) is 32.8. The minimum absolute atomic E-state index is 0.211. The zero-order chi connectivity index (χ0) is 30.0. The fraction of sp³-hybridized carbons (Fsp3) is 0.118. The Morgan fingerprint density at radius 2 is 0.953 bits per heavy atom. The maximum Gasteiger partial charge on any atom is 0.343 e. The maximum atomic E-state index is 13.2. The van der Waals surface area contributed by atoms with E-state index in [1.54, 1.807) is 121 Å². The topological polar surface area (TPSA) is 114 Å². The summed E-state index contributed by atoms with van der Waals surface area (Å²) in [6.45, 7) is -0.379. The highest BCUT2D eigenvalue weighted by molar-refractivity contribution is 5.92. The first-order chi connectivity index (χ1) is 21.0. The molecule has 1 aliphatic heterocycles. The Labute approximate surface area is 247 Å². The van der Waals surface area contributed by atoms with Crippen molar-refractivity contribution in [3.63, 3.8) is 0 Å². The van der Waals surface area contributed by atoms with E-state index >= 15 is 0 Å². The van der Waals surface area contributed by atoms with E-state index in [1.165, 1.54) is 0 Å². The van der Waals surface area contributed by atoms with Crippen LogP contribution in [0.25, 0.3) is 0 Å². The smallest absolute Gasteiger partial charge is 0.343 e. The number of benzene rings is 4. The van der Waals surface area contributed by atoms with E-state index in [0.717, 1.165) is 6.26 Å². The predicted octanol–water partition coefficient (Wildman–Crippen LogP) is 5.39. The van der Waals surface area contributed by atoms with Gasteiger partial charge in [-0.2, -0.15) is 0 Å². The van der Waals surface area contributed by atoms with Gasteiger partial charge in [-0.05, 0) is 48.5 Å². The van der Waals surface area contributed by atoms with Gasteiger partial charge in [0.15, 0.2) is 18.0 Å². The van der Waals surface area contributed by atoms with Crippen LogP contribution in [0.4, 0.5) is 0 Å². The summed E-state index contributed by atoms with van der Waals surface area (Å²) < 4.78 is 28.5. The van der Waals surface area contributed by atoms with Crippen LogP contribution in [0.1, 0.15) is 41.4 Å². The highest BCUT2D eigenvalue weighted by Gasteiger charge is 2.45. The lowest BCUT2D eigenvalue weighted by Crippen LogP contribution is -2.50. The molecule has 0 fully saturated rings. The molecule has 1 heterocycles. The van der Waals surface area contributed by atoms with Crippen molar-refractivity contribution >= 4 is 23.9 Å². The summed E-state index contributed by atoms with van der Waals surface area (Å²) in [5.41, 5.74) is 0.959. The van der Waals surface area contributed by atoms with Crippen LogP contribution < -0.4 is 0 Å². The van der Waals surface area contributed by atoms with E-state index in [1.807, 2.05) is 0 Å². The second kappa shape index (κ2) is 13.8. The number of carbonyl (C=O) groups excluding carboxylic acids is 4. The number of carbonyl (C=O) groups is 4. The van der Waals surface area contributed by atoms with Crippen molar-refractivity contribution in [1.29, 1.82) is 0 Å². The van der Waals surface area contributed by atoms with Crippen molar-refractivity contribution in [1.82, 2.24) is 0 Å². The van der Waals surface area contributed by atoms with Crippen molar-refractivity contribution in [2.24, 2.45) is 0 Å². The standard InChI is InChI=1S/C34H26O9/c35-31(23-13-5-1-6-14-23)40-21-27-29(42-33(37)25-17-9-3-10-18-25)30(43-34(38)26-19-11-4-12-20-26)28(22-39-27)41-32(36)24-15-7-2-8-16-24/h1-20,22,27,29-30H,21H2/t27-,29+,30-/m1/s1. The molecule has 0 spiro atoms. The third-order valence-electron chi connectivity index (χ3n) is 6.41. The van der Waals surface area contributed by atoms with E-state index in [4.69, 9.17) is 23.7 Å². The summed E-state index contributed by atoms with van der Waals surface area (Å²) in [7, 11) is 0. The quantitative estimate of drug-likeness (QED) is 0.190. The Morgan fingerprint density at radius 1 is 0.535 bits per heavy atom. The molecule has 4 aromatic carbocycles. The molecule has 5 rings (SSSR count). The van der Waals surface area contributed by atoms with Crippen LogP contribution >= 0.6 is 0 Å². The minimum atomic E-state index is -1.44. The number of hydrogen-bond acceptors (Lipinski definition) is 9. The van der Waals surface area contributed by atoms with Crippen molar-refractivity contribution in [3.05, 3.63) is 156 Å². The molecule has 0 unspecified atom stereocenters. The monoisotopic (exact) mass is 578 g/mol. The Kier molecular flexibility index (Phi) is 9.23. The largest absolute Gasteiger partial charge is 0.487 e. The molecular weight excluding hydrogens is 552 g/mol. The van der Waals surface area contributed by atoms with E-state index in [-0.39, 0.29) is 29.1 Å². The van der Waals surface area contributed by atoms with Gasteiger partial charge in [0.1, 0.15) is 12.9 Å². The van der Waals surface area contributed by atoms with E-state index < -0.39 is 42.2 Å². The zero-order valence-electron chi connectivity index (χ0n) is 22.7. The average molecular weight is 579 g/mol. The number of ether oxygens (including phenoxy) is 5. The summed E-state index contributed by atoms with van der Waals surface area (Å²) in [5.74, 6) is -3.13. The molecule has 0 bridgehead atoms. The molecule has 9 heteroatoms. The third-order valence-corrected chi connectivity index (χ3v) is 6.41. The van der Waals surface area contributed by atoms with Gasteiger partial charge < -0.3 is 23.7 Å². The number of rotatable bonds is 9. The predicted molar refractivity (Wildman–Crippen MR) is 153 cm³/mol. The summed E-state index contributed by atoms with van der Waals surface area (Å²) in [5, 5.41) is 0. The Balaban J connectivity index is 1.46. The molecule has 0 aliphatic carbocycles. The Bertz CT molecular complexity index is 1590. The molecule has 0 saturated heterocycles. The molecule has 0 radical (unpaired) electrons. The van der Waals surface area contributed by atoms with Crippen LogP contribution in [0.2, 0.25) is 0 Å². The van der Waals surface area contributed by atoms with Crippen LogP contribution in [-0.2, 0) is 23.7 Å². The fourth-order valence-corrected chi connectivity index (χ4v) is 4.21. The van der Waals surface area contributed by atoms with Crippen LogP contribution in [0.15, 0.2) is 133 Å². The lowest BCUT2D eigenvalue weighted by molar-refractivity contribution is -0.115. The lowest BCUT2D eigenvalue weighted by Gasteiger charge is -2.35. The van der Waals surface area contributed by atoms with Gasteiger partial charge in [0.25, 0.3) is 0 Å². The molecule has 3 atom stereocenters.